The van der Waals surface area contributed by atoms with Gasteiger partial charge in [-0.05, 0) is 54.5 Å². The molecule has 1 heterocycles. The zero-order chi connectivity index (χ0) is 19.6. The molecule has 6 heteroatoms. The maximum Gasteiger partial charge on any atom is 0.228 e. The molecule has 1 amide bonds. The van der Waals surface area contributed by atoms with Crippen LogP contribution in [0.4, 0.5) is 5.13 Å². The number of ketones is 1. The summed E-state index contributed by atoms with van der Waals surface area (Å²) in [6.07, 6.45) is 3.27. The number of rotatable bonds is 5. The van der Waals surface area contributed by atoms with Crippen LogP contribution in [0.5, 0.6) is 0 Å². The lowest BCUT2D eigenvalue weighted by Gasteiger charge is -2.02. The third-order valence-electron chi connectivity index (χ3n) is 4.10. The second-order valence-corrected chi connectivity index (χ2v) is 7.95. The highest BCUT2D eigenvalue weighted by atomic mass is 35.5. The number of aromatic nitrogens is 1. The standard InChI is InChI=1S/C21H19ClN2O2S/c1-12(2)20(26)24-21-23-17-9-7-14(11-19(17)27-21)18(25)10-8-15-13(3)5-4-6-16(15)22/h4-12H,1-3H3,(H,23,24,26)/b10-8+. The number of benzene rings is 2. The Hall–Kier alpha value is -2.50. The van der Waals surface area contributed by atoms with Crippen molar-refractivity contribution < 1.29 is 9.59 Å². The fraction of sp³-hybridized carbons (Fsp3) is 0.190. The number of thiazole rings is 1. The average Bonchev–Trinajstić information content (AvgIpc) is 3.02. The Morgan fingerprint density at radius 3 is 2.70 bits per heavy atom. The Morgan fingerprint density at radius 2 is 2.00 bits per heavy atom. The highest BCUT2D eigenvalue weighted by molar-refractivity contribution is 7.22. The number of nitrogens with one attached hydrogen (secondary N) is 1. The van der Waals surface area contributed by atoms with Crippen molar-refractivity contribution in [3.8, 4) is 0 Å². The zero-order valence-electron chi connectivity index (χ0n) is 15.2. The first kappa shape index (κ1) is 19.3. The molecule has 1 aromatic heterocycles. The summed E-state index contributed by atoms with van der Waals surface area (Å²) in [7, 11) is 0. The molecule has 0 aliphatic carbocycles. The summed E-state index contributed by atoms with van der Waals surface area (Å²) in [5.74, 6) is -0.312. The molecule has 0 unspecified atom stereocenters. The number of allylic oxidation sites excluding steroid dienone is 1. The van der Waals surface area contributed by atoms with Crippen molar-refractivity contribution in [1.29, 1.82) is 0 Å². The third kappa shape index (κ3) is 4.43. The molecule has 2 aromatic carbocycles. The van der Waals surface area contributed by atoms with E-state index in [1.54, 1.807) is 30.3 Å². The van der Waals surface area contributed by atoms with Gasteiger partial charge in [0.1, 0.15) is 0 Å². The molecule has 0 aliphatic heterocycles. The number of aryl methyl sites for hydroxylation is 1. The maximum atomic E-state index is 12.5. The van der Waals surface area contributed by atoms with Gasteiger partial charge in [-0.25, -0.2) is 4.98 Å². The minimum atomic E-state index is -0.118. The number of anilines is 1. The van der Waals surface area contributed by atoms with Crippen molar-refractivity contribution in [3.05, 3.63) is 64.2 Å². The van der Waals surface area contributed by atoms with Gasteiger partial charge in [-0.15, -0.1) is 0 Å². The maximum absolute atomic E-state index is 12.5. The van der Waals surface area contributed by atoms with Crippen molar-refractivity contribution in [2.75, 3.05) is 5.32 Å². The minimum Gasteiger partial charge on any atom is -0.302 e. The molecule has 0 saturated heterocycles. The summed E-state index contributed by atoms with van der Waals surface area (Å²) < 4.78 is 0.849. The van der Waals surface area contributed by atoms with Crippen LogP contribution in [0, 0.1) is 12.8 Å². The molecular weight excluding hydrogens is 380 g/mol. The van der Waals surface area contributed by atoms with Crippen LogP contribution in [0.3, 0.4) is 0 Å². The lowest BCUT2D eigenvalue weighted by Crippen LogP contribution is -2.17. The van der Waals surface area contributed by atoms with E-state index in [1.165, 1.54) is 17.4 Å². The SMILES string of the molecule is Cc1cccc(Cl)c1/C=C/C(=O)c1ccc2nc(NC(=O)C(C)C)sc2c1. The Balaban J connectivity index is 1.83. The summed E-state index contributed by atoms with van der Waals surface area (Å²) in [4.78, 5) is 28.8. The van der Waals surface area contributed by atoms with Gasteiger partial charge >= 0.3 is 0 Å². The summed E-state index contributed by atoms with van der Waals surface area (Å²) in [6, 6.07) is 11.0. The van der Waals surface area contributed by atoms with Crippen LogP contribution < -0.4 is 5.32 Å². The van der Waals surface area contributed by atoms with Gasteiger partial charge in [-0.3, -0.25) is 9.59 Å². The Labute approximate surface area is 166 Å². The number of hydrogen-bond donors (Lipinski definition) is 1. The molecule has 0 saturated carbocycles. The second kappa shape index (κ2) is 8.03. The van der Waals surface area contributed by atoms with E-state index in [9.17, 15) is 9.59 Å². The summed E-state index contributed by atoms with van der Waals surface area (Å²) in [5.41, 5.74) is 3.16. The fourth-order valence-electron chi connectivity index (χ4n) is 2.49. The molecule has 27 heavy (non-hydrogen) atoms. The van der Waals surface area contributed by atoms with Gasteiger partial charge in [0.25, 0.3) is 0 Å². The van der Waals surface area contributed by atoms with Gasteiger partial charge < -0.3 is 5.32 Å². The molecule has 0 atom stereocenters. The number of hydrogen-bond acceptors (Lipinski definition) is 4. The average molecular weight is 399 g/mol. The molecular formula is C21H19ClN2O2S. The predicted octanol–water partition coefficient (Wildman–Crippen LogP) is 5.75. The second-order valence-electron chi connectivity index (χ2n) is 6.51. The van der Waals surface area contributed by atoms with Crippen LogP contribution >= 0.6 is 22.9 Å². The Morgan fingerprint density at radius 1 is 1.22 bits per heavy atom. The zero-order valence-corrected chi connectivity index (χ0v) is 16.8. The minimum absolute atomic E-state index is 0.0802. The van der Waals surface area contributed by atoms with Crippen molar-refractivity contribution in [2.24, 2.45) is 5.92 Å². The number of fused-ring (bicyclic) bond motifs is 1. The number of amides is 1. The molecule has 138 valence electrons. The van der Waals surface area contributed by atoms with E-state index < -0.39 is 0 Å². The van der Waals surface area contributed by atoms with E-state index in [4.69, 9.17) is 11.6 Å². The third-order valence-corrected chi connectivity index (χ3v) is 5.36. The molecule has 0 fully saturated rings. The van der Waals surface area contributed by atoms with Crippen LogP contribution in [-0.4, -0.2) is 16.7 Å². The first-order valence-electron chi connectivity index (χ1n) is 8.54. The largest absolute Gasteiger partial charge is 0.302 e. The van der Waals surface area contributed by atoms with E-state index in [2.05, 4.69) is 10.3 Å². The number of carbonyl (C=O) groups excluding carboxylic acids is 2. The fourth-order valence-corrected chi connectivity index (χ4v) is 3.69. The highest BCUT2D eigenvalue weighted by Crippen LogP contribution is 2.28. The van der Waals surface area contributed by atoms with Gasteiger partial charge in [0, 0.05) is 16.5 Å². The van der Waals surface area contributed by atoms with Crippen LogP contribution in [0.2, 0.25) is 5.02 Å². The van der Waals surface area contributed by atoms with Crippen LogP contribution in [-0.2, 0) is 4.79 Å². The van der Waals surface area contributed by atoms with E-state index in [1.807, 2.05) is 32.9 Å². The van der Waals surface area contributed by atoms with Crippen LogP contribution in [0.15, 0.2) is 42.5 Å². The molecule has 3 aromatic rings. The van der Waals surface area contributed by atoms with Crippen molar-refractivity contribution in [2.45, 2.75) is 20.8 Å². The molecule has 1 N–H and O–H groups in total. The predicted molar refractivity (Wildman–Crippen MR) is 113 cm³/mol. The normalized spacial score (nSPS) is 11.4. The van der Waals surface area contributed by atoms with E-state index >= 15 is 0 Å². The molecule has 3 rings (SSSR count). The summed E-state index contributed by atoms with van der Waals surface area (Å²) in [5, 5.41) is 3.94. The Kier molecular flexibility index (Phi) is 5.73. The molecule has 0 bridgehead atoms. The smallest absolute Gasteiger partial charge is 0.228 e. The van der Waals surface area contributed by atoms with Crippen LogP contribution in [0.25, 0.3) is 16.3 Å². The van der Waals surface area contributed by atoms with Gasteiger partial charge in [0.05, 0.1) is 10.2 Å². The summed E-state index contributed by atoms with van der Waals surface area (Å²) in [6.45, 7) is 5.60. The van der Waals surface area contributed by atoms with Crippen molar-refractivity contribution in [1.82, 2.24) is 4.98 Å². The summed E-state index contributed by atoms with van der Waals surface area (Å²) >= 11 is 7.55. The van der Waals surface area contributed by atoms with Crippen LogP contribution in [0.1, 0.15) is 35.3 Å². The van der Waals surface area contributed by atoms with Gasteiger partial charge in [0.15, 0.2) is 10.9 Å². The molecule has 0 radical (unpaired) electrons. The van der Waals surface area contributed by atoms with E-state index in [0.717, 1.165) is 21.3 Å². The molecule has 0 aliphatic rings. The lowest BCUT2D eigenvalue weighted by atomic mass is 10.1. The highest BCUT2D eigenvalue weighted by Gasteiger charge is 2.12. The number of halogens is 1. The Bertz CT molecular complexity index is 1030. The number of carbonyl (C=O) groups is 2. The monoisotopic (exact) mass is 398 g/mol. The van der Waals surface area contributed by atoms with Gasteiger partial charge in [-0.2, -0.15) is 0 Å². The number of nitrogens with zero attached hydrogens (tertiary/aromatic N) is 1. The molecule has 0 spiro atoms. The first-order chi connectivity index (χ1) is 12.8. The first-order valence-corrected chi connectivity index (χ1v) is 9.73. The van der Waals surface area contributed by atoms with Gasteiger partial charge in [0.2, 0.25) is 5.91 Å². The molecule has 4 nitrogen and oxygen atoms in total. The van der Waals surface area contributed by atoms with E-state index in [0.29, 0.717) is 15.7 Å². The van der Waals surface area contributed by atoms with Gasteiger partial charge in [-0.1, -0.05) is 48.9 Å². The quantitative estimate of drug-likeness (QED) is 0.439. The topological polar surface area (TPSA) is 59.1 Å². The van der Waals surface area contributed by atoms with E-state index in [-0.39, 0.29) is 17.6 Å². The lowest BCUT2D eigenvalue weighted by molar-refractivity contribution is -0.118. The van der Waals surface area contributed by atoms with Crippen molar-refractivity contribution >= 4 is 56.1 Å². The van der Waals surface area contributed by atoms with Crippen molar-refractivity contribution in [3.63, 3.8) is 0 Å².